The second-order valence-corrected chi connectivity index (χ2v) is 5.97. The predicted octanol–water partition coefficient (Wildman–Crippen LogP) is 4.45. The number of hydrogen-bond donors (Lipinski definition) is 1. The zero-order valence-electron chi connectivity index (χ0n) is 12.0. The molecule has 106 valence electrons. The van der Waals surface area contributed by atoms with Crippen LogP contribution in [0.5, 0.6) is 0 Å². The molecular weight excluding hydrogens is 266 g/mol. The van der Waals surface area contributed by atoms with Gasteiger partial charge in [0.25, 0.3) is 0 Å². The highest BCUT2D eigenvalue weighted by molar-refractivity contribution is 5.85. The Morgan fingerprint density at radius 1 is 1.00 bits per heavy atom. The van der Waals surface area contributed by atoms with E-state index >= 15 is 0 Å². The first-order valence-corrected chi connectivity index (χ1v) is 7.04. The molecule has 0 saturated heterocycles. The van der Waals surface area contributed by atoms with Gasteiger partial charge in [-0.1, -0.05) is 61.5 Å². The molecule has 2 N–H and O–H groups in total. The number of halogens is 1. The number of fused-ring (bicyclic) bond motifs is 1. The topological polar surface area (TPSA) is 26.0 Å². The first kappa shape index (κ1) is 15.1. The zero-order valence-corrected chi connectivity index (χ0v) is 12.9. The Labute approximate surface area is 127 Å². The van der Waals surface area contributed by atoms with Crippen LogP contribution in [0, 0.1) is 5.92 Å². The molecular formula is C18H22ClN. The Morgan fingerprint density at radius 2 is 1.60 bits per heavy atom. The van der Waals surface area contributed by atoms with Crippen LogP contribution in [0.4, 0.5) is 0 Å². The molecule has 2 heteroatoms. The number of hydrogen-bond acceptors (Lipinski definition) is 1. The molecule has 0 radical (unpaired) electrons. The van der Waals surface area contributed by atoms with Crippen molar-refractivity contribution in [1.29, 1.82) is 0 Å². The first-order valence-electron chi connectivity index (χ1n) is 7.04. The normalized spacial score (nSPS) is 28.4. The molecule has 0 spiro atoms. The van der Waals surface area contributed by atoms with Gasteiger partial charge in [0.15, 0.2) is 0 Å². The van der Waals surface area contributed by atoms with Crippen molar-refractivity contribution in [2.75, 3.05) is 0 Å². The summed E-state index contributed by atoms with van der Waals surface area (Å²) in [4.78, 5) is 0. The SMILES string of the molecule is CC1CC(c2ccccc2)c2ccccc2C1(C)N.Cl. The summed E-state index contributed by atoms with van der Waals surface area (Å²) in [5, 5.41) is 0. The van der Waals surface area contributed by atoms with Gasteiger partial charge < -0.3 is 5.73 Å². The summed E-state index contributed by atoms with van der Waals surface area (Å²) in [6, 6.07) is 19.4. The van der Waals surface area contributed by atoms with Crippen molar-refractivity contribution >= 4 is 12.4 Å². The van der Waals surface area contributed by atoms with Gasteiger partial charge in [-0.25, -0.2) is 0 Å². The van der Waals surface area contributed by atoms with E-state index in [-0.39, 0.29) is 17.9 Å². The van der Waals surface area contributed by atoms with Crippen LogP contribution >= 0.6 is 12.4 Å². The Kier molecular flexibility index (Phi) is 4.22. The van der Waals surface area contributed by atoms with E-state index in [2.05, 4.69) is 68.4 Å². The van der Waals surface area contributed by atoms with Crippen LogP contribution in [0.2, 0.25) is 0 Å². The first-order chi connectivity index (χ1) is 9.10. The lowest BCUT2D eigenvalue weighted by molar-refractivity contribution is 0.271. The molecule has 3 rings (SSSR count). The average molecular weight is 288 g/mol. The molecule has 1 nitrogen and oxygen atoms in total. The highest BCUT2D eigenvalue weighted by Crippen LogP contribution is 2.45. The molecule has 3 atom stereocenters. The minimum absolute atomic E-state index is 0. The second-order valence-electron chi connectivity index (χ2n) is 5.97. The Morgan fingerprint density at radius 3 is 2.30 bits per heavy atom. The van der Waals surface area contributed by atoms with Gasteiger partial charge in [0.2, 0.25) is 0 Å². The summed E-state index contributed by atoms with van der Waals surface area (Å²) in [5.41, 5.74) is 10.5. The van der Waals surface area contributed by atoms with Gasteiger partial charge in [-0.2, -0.15) is 0 Å². The maximum Gasteiger partial charge on any atom is 0.0410 e. The van der Waals surface area contributed by atoms with Crippen molar-refractivity contribution in [2.45, 2.75) is 31.7 Å². The van der Waals surface area contributed by atoms with Crippen LogP contribution < -0.4 is 5.73 Å². The van der Waals surface area contributed by atoms with Gasteiger partial charge in [0.1, 0.15) is 0 Å². The van der Waals surface area contributed by atoms with Crippen LogP contribution in [-0.2, 0) is 5.54 Å². The Balaban J connectivity index is 0.00000147. The molecule has 0 amide bonds. The van der Waals surface area contributed by atoms with Crippen LogP contribution in [-0.4, -0.2) is 0 Å². The fourth-order valence-electron chi connectivity index (χ4n) is 3.28. The summed E-state index contributed by atoms with van der Waals surface area (Å²) < 4.78 is 0. The lowest BCUT2D eigenvalue weighted by atomic mass is 9.66. The Bertz CT molecular complexity index is 577. The van der Waals surface area contributed by atoms with E-state index in [1.165, 1.54) is 16.7 Å². The third kappa shape index (κ3) is 2.36. The van der Waals surface area contributed by atoms with E-state index < -0.39 is 0 Å². The number of rotatable bonds is 1. The molecule has 0 fully saturated rings. The lowest BCUT2D eigenvalue weighted by Gasteiger charge is -2.42. The molecule has 0 bridgehead atoms. The van der Waals surface area contributed by atoms with E-state index in [1.54, 1.807) is 0 Å². The Hall–Kier alpha value is -1.31. The molecule has 0 saturated carbocycles. The van der Waals surface area contributed by atoms with Crippen molar-refractivity contribution in [3.8, 4) is 0 Å². The summed E-state index contributed by atoms with van der Waals surface area (Å²) >= 11 is 0. The number of benzene rings is 2. The van der Waals surface area contributed by atoms with E-state index in [0.29, 0.717) is 11.8 Å². The largest absolute Gasteiger partial charge is 0.321 e. The van der Waals surface area contributed by atoms with Crippen molar-refractivity contribution in [3.05, 3.63) is 71.3 Å². The standard InChI is InChI=1S/C18H21N.ClH/c1-13-12-16(14-8-4-3-5-9-14)15-10-6-7-11-17(15)18(13,2)19;/h3-11,13,16H,12,19H2,1-2H3;1H. The molecule has 2 aromatic carbocycles. The van der Waals surface area contributed by atoms with Gasteiger partial charge in [-0.15, -0.1) is 12.4 Å². The number of nitrogens with two attached hydrogens (primary N) is 1. The molecule has 0 aromatic heterocycles. The smallest absolute Gasteiger partial charge is 0.0410 e. The highest BCUT2D eigenvalue weighted by Gasteiger charge is 2.38. The van der Waals surface area contributed by atoms with Gasteiger partial charge in [0.05, 0.1) is 0 Å². The van der Waals surface area contributed by atoms with E-state index in [1.807, 2.05) is 0 Å². The summed E-state index contributed by atoms with van der Waals surface area (Å²) in [6.07, 6.45) is 1.12. The molecule has 20 heavy (non-hydrogen) atoms. The lowest BCUT2D eigenvalue weighted by Crippen LogP contribution is -2.44. The van der Waals surface area contributed by atoms with Crippen molar-refractivity contribution in [1.82, 2.24) is 0 Å². The molecule has 3 unspecified atom stereocenters. The highest BCUT2D eigenvalue weighted by atomic mass is 35.5. The quantitative estimate of drug-likeness (QED) is 0.824. The van der Waals surface area contributed by atoms with Crippen LogP contribution in [0.15, 0.2) is 54.6 Å². The predicted molar refractivity (Wildman–Crippen MR) is 87.3 cm³/mol. The third-order valence-electron chi connectivity index (χ3n) is 4.73. The van der Waals surface area contributed by atoms with E-state index in [4.69, 9.17) is 5.73 Å². The summed E-state index contributed by atoms with van der Waals surface area (Å²) in [5.74, 6) is 0.955. The van der Waals surface area contributed by atoms with E-state index in [0.717, 1.165) is 6.42 Å². The minimum atomic E-state index is -0.220. The van der Waals surface area contributed by atoms with Crippen molar-refractivity contribution in [2.24, 2.45) is 11.7 Å². The maximum atomic E-state index is 6.57. The monoisotopic (exact) mass is 287 g/mol. The van der Waals surface area contributed by atoms with Crippen LogP contribution in [0.25, 0.3) is 0 Å². The molecule has 0 heterocycles. The van der Waals surface area contributed by atoms with Gasteiger partial charge in [-0.3, -0.25) is 0 Å². The van der Waals surface area contributed by atoms with Crippen LogP contribution in [0.1, 0.15) is 42.9 Å². The van der Waals surface area contributed by atoms with Crippen molar-refractivity contribution in [3.63, 3.8) is 0 Å². The fourth-order valence-corrected chi connectivity index (χ4v) is 3.28. The second kappa shape index (κ2) is 5.59. The van der Waals surface area contributed by atoms with Gasteiger partial charge >= 0.3 is 0 Å². The molecule has 1 aliphatic rings. The summed E-state index contributed by atoms with van der Waals surface area (Å²) in [7, 11) is 0. The minimum Gasteiger partial charge on any atom is -0.321 e. The van der Waals surface area contributed by atoms with Gasteiger partial charge in [0, 0.05) is 11.5 Å². The zero-order chi connectivity index (χ0) is 13.5. The average Bonchev–Trinajstić information content (AvgIpc) is 2.44. The molecule has 0 aliphatic heterocycles. The van der Waals surface area contributed by atoms with Crippen LogP contribution in [0.3, 0.4) is 0 Å². The van der Waals surface area contributed by atoms with Gasteiger partial charge in [-0.05, 0) is 36.0 Å². The van der Waals surface area contributed by atoms with Crippen molar-refractivity contribution < 1.29 is 0 Å². The molecule has 1 aliphatic carbocycles. The van der Waals surface area contributed by atoms with E-state index in [9.17, 15) is 0 Å². The maximum absolute atomic E-state index is 6.57. The molecule has 2 aromatic rings. The third-order valence-corrected chi connectivity index (χ3v) is 4.73. The fraction of sp³-hybridized carbons (Fsp3) is 0.333. The summed E-state index contributed by atoms with van der Waals surface area (Å²) in [6.45, 7) is 4.43.